The van der Waals surface area contributed by atoms with Crippen molar-refractivity contribution in [3.05, 3.63) is 11.6 Å². The van der Waals surface area contributed by atoms with Crippen LogP contribution in [0.3, 0.4) is 0 Å². The Labute approximate surface area is 109 Å². The van der Waals surface area contributed by atoms with Gasteiger partial charge in [-0.1, -0.05) is 55.3 Å². The summed E-state index contributed by atoms with van der Waals surface area (Å²) in [4.78, 5) is 0.698. The molecule has 0 radical (unpaired) electrons. The zero-order chi connectivity index (χ0) is 12.3. The summed E-state index contributed by atoms with van der Waals surface area (Å²) in [6.07, 6.45) is 7.30. The second-order valence-corrected chi connectivity index (χ2v) is 6.47. The van der Waals surface area contributed by atoms with Crippen molar-refractivity contribution in [3.63, 3.8) is 0 Å². The topological polar surface area (TPSA) is 26.0 Å². The second kappa shape index (κ2) is 5.68. The molecule has 2 rings (SSSR count). The lowest BCUT2D eigenvalue weighted by molar-refractivity contribution is 0.161. The normalized spacial score (nSPS) is 42.6. The van der Waals surface area contributed by atoms with Gasteiger partial charge in [0, 0.05) is 10.9 Å². The quantitative estimate of drug-likeness (QED) is 0.523. The lowest BCUT2D eigenvalue weighted by Gasteiger charge is -2.48. The molecule has 94 valence electrons. The van der Waals surface area contributed by atoms with Crippen LogP contribution in [0.5, 0.6) is 0 Å². The average molecular weight is 288 g/mol. The zero-order valence-corrected chi connectivity index (χ0v) is 12.7. The van der Waals surface area contributed by atoms with E-state index in [0.29, 0.717) is 22.2 Å². The summed E-state index contributed by atoms with van der Waals surface area (Å²) in [5.74, 6) is 0.641. The fourth-order valence-corrected chi connectivity index (χ4v) is 3.56. The molecule has 0 saturated heterocycles. The predicted octanol–water partition coefficient (Wildman–Crippen LogP) is 4.26. The molecule has 0 aliphatic heterocycles. The van der Waals surface area contributed by atoms with Crippen molar-refractivity contribution in [2.24, 2.45) is 17.1 Å². The average Bonchev–Trinajstić information content (AvgIpc) is 2.30. The minimum absolute atomic E-state index is 0.371. The van der Waals surface area contributed by atoms with E-state index in [0.717, 1.165) is 6.42 Å². The van der Waals surface area contributed by atoms with Crippen LogP contribution in [0.4, 0.5) is 0 Å². The van der Waals surface area contributed by atoms with E-state index >= 15 is 0 Å². The third-order valence-electron chi connectivity index (χ3n) is 4.44. The Kier molecular flexibility index (Phi) is 5.06. The van der Waals surface area contributed by atoms with Crippen LogP contribution in [-0.4, -0.2) is 10.9 Å². The molecule has 0 aromatic carbocycles. The summed E-state index contributed by atoms with van der Waals surface area (Å²) in [5.41, 5.74) is 8.19. The lowest BCUT2D eigenvalue weighted by atomic mass is 9.59. The van der Waals surface area contributed by atoms with E-state index in [-0.39, 0.29) is 0 Å². The lowest BCUT2D eigenvalue weighted by Crippen LogP contribution is -2.45. The van der Waals surface area contributed by atoms with Crippen LogP contribution >= 0.6 is 15.9 Å². The molecule has 0 heterocycles. The van der Waals surface area contributed by atoms with Gasteiger partial charge in [0.05, 0.1) is 0 Å². The molecule has 0 bridgehead atoms. The fourth-order valence-electron chi connectivity index (χ4n) is 2.98. The van der Waals surface area contributed by atoms with Gasteiger partial charge in [0.2, 0.25) is 0 Å². The molecular formula is C14H26BrN. The number of rotatable bonds is 0. The molecule has 0 aromatic rings. The molecule has 1 nitrogen and oxygen atoms in total. The molecule has 2 heteroatoms. The van der Waals surface area contributed by atoms with Crippen LogP contribution in [0.2, 0.25) is 0 Å². The Balaban J connectivity index is 0.000000606. The largest absolute Gasteiger partial charge is 0.327 e. The number of nitrogens with two attached hydrogens (primary N) is 1. The van der Waals surface area contributed by atoms with E-state index in [1.165, 1.54) is 19.3 Å². The highest BCUT2D eigenvalue weighted by atomic mass is 79.9. The molecule has 0 spiro atoms. The van der Waals surface area contributed by atoms with Crippen molar-refractivity contribution in [2.45, 2.75) is 64.2 Å². The van der Waals surface area contributed by atoms with Crippen molar-refractivity contribution in [2.75, 3.05) is 0 Å². The van der Waals surface area contributed by atoms with Crippen LogP contribution in [0.15, 0.2) is 11.6 Å². The first kappa shape index (κ1) is 14.2. The molecule has 16 heavy (non-hydrogen) atoms. The summed E-state index contributed by atoms with van der Waals surface area (Å²) in [6.45, 7) is 8.73. The van der Waals surface area contributed by atoms with E-state index in [2.05, 4.69) is 35.9 Å². The molecule has 1 fully saturated rings. The van der Waals surface area contributed by atoms with Crippen molar-refractivity contribution in [1.29, 1.82) is 0 Å². The van der Waals surface area contributed by atoms with Gasteiger partial charge in [-0.3, -0.25) is 0 Å². The highest BCUT2D eigenvalue weighted by Gasteiger charge is 2.43. The summed E-state index contributed by atoms with van der Waals surface area (Å²) in [6, 6.07) is 0.371. The van der Waals surface area contributed by atoms with Crippen LogP contribution in [0.1, 0.15) is 53.4 Å². The highest BCUT2D eigenvalue weighted by Crippen LogP contribution is 2.51. The van der Waals surface area contributed by atoms with Gasteiger partial charge in [-0.2, -0.15) is 0 Å². The number of alkyl halides is 1. The molecule has 4 atom stereocenters. The molecular weight excluding hydrogens is 262 g/mol. The first-order valence-corrected chi connectivity index (χ1v) is 7.55. The summed E-state index contributed by atoms with van der Waals surface area (Å²) < 4.78 is 0. The van der Waals surface area contributed by atoms with Gasteiger partial charge in [0.25, 0.3) is 0 Å². The molecule has 2 aliphatic carbocycles. The van der Waals surface area contributed by atoms with Crippen LogP contribution < -0.4 is 5.73 Å². The maximum atomic E-state index is 6.15. The summed E-state index contributed by atoms with van der Waals surface area (Å²) in [7, 11) is 0. The number of hydrogen-bond donors (Lipinski definition) is 1. The Hall–Kier alpha value is 0.180. The first-order chi connectivity index (χ1) is 7.54. The van der Waals surface area contributed by atoms with E-state index < -0.39 is 0 Å². The number of halogens is 1. The third kappa shape index (κ3) is 2.53. The maximum absolute atomic E-state index is 6.15. The smallest absolute Gasteiger partial charge is 0.0183 e. The second-order valence-electron chi connectivity index (χ2n) is 5.18. The van der Waals surface area contributed by atoms with Crippen LogP contribution in [-0.2, 0) is 0 Å². The molecule has 1 saturated carbocycles. The standard InChI is InChI=1S/C12H20BrN.C2H6/c1-8-11(14)4-3-9-7-10(13)5-6-12(8,9)2;1-2/h3,8,10-11H,4-7,14H2,1-2H3;1-2H3. The summed E-state index contributed by atoms with van der Waals surface area (Å²) >= 11 is 3.74. The van der Waals surface area contributed by atoms with Crippen molar-refractivity contribution < 1.29 is 0 Å². The Morgan fingerprint density at radius 1 is 1.44 bits per heavy atom. The van der Waals surface area contributed by atoms with E-state index in [9.17, 15) is 0 Å². The van der Waals surface area contributed by atoms with Crippen LogP contribution in [0, 0.1) is 11.3 Å². The van der Waals surface area contributed by atoms with Gasteiger partial charge in [-0.05, 0) is 37.0 Å². The number of fused-ring (bicyclic) bond motifs is 1. The van der Waals surface area contributed by atoms with Crippen molar-refractivity contribution in [3.8, 4) is 0 Å². The van der Waals surface area contributed by atoms with Gasteiger partial charge in [0.15, 0.2) is 0 Å². The first-order valence-electron chi connectivity index (χ1n) is 6.63. The SMILES string of the molecule is CC.CC1C(N)CC=C2CC(Br)CCC21C. The Morgan fingerprint density at radius 3 is 2.69 bits per heavy atom. The van der Waals surface area contributed by atoms with E-state index in [4.69, 9.17) is 5.73 Å². The zero-order valence-electron chi connectivity index (χ0n) is 11.1. The molecule has 4 unspecified atom stereocenters. The number of allylic oxidation sites excluding steroid dienone is 1. The summed E-state index contributed by atoms with van der Waals surface area (Å²) in [5, 5.41) is 0. The van der Waals surface area contributed by atoms with E-state index in [1.807, 2.05) is 13.8 Å². The van der Waals surface area contributed by atoms with Crippen molar-refractivity contribution in [1.82, 2.24) is 0 Å². The number of hydrogen-bond acceptors (Lipinski definition) is 1. The van der Waals surface area contributed by atoms with Gasteiger partial charge in [-0.25, -0.2) is 0 Å². The Bertz CT molecular complexity index is 261. The monoisotopic (exact) mass is 287 g/mol. The predicted molar refractivity (Wildman–Crippen MR) is 75.9 cm³/mol. The Morgan fingerprint density at radius 2 is 2.06 bits per heavy atom. The third-order valence-corrected chi connectivity index (χ3v) is 5.22. The minimum atomic E-state index is 0.371. The molecule has 0 amide bonds. The van der Waals surface area contributed by atoms with Gasteiger partial charge in [0.1, 0.15) is 0 Å². The molecule has 2 N–H and O–H groups in total. The fraction of sp³-hybridized carbons (Fsp3) is 0.857. The van der Waals surface area contributed by atoms with Crippen LogP contribution in [0.25, 0.3) is 0 Å². The van der Waals surface area contributed by atoms with Gasteiger partial charge in [-0.15, -0.1) is 0 Å². The molecule has 0 aromatic heterocycles. The molecule has 2 aliphatic rings. The highest BCUT2D eigenvalue weighted by molar-refractivity contribution is 9.09. The van der Waals surface area contributed by atoms with Gasteiger partial charge >= 0.3 is 0 Å². The minimum Gasteiger partial charge on any atom is -0.327 e. The van der Waals surface area contributed by atoms with Gasteiger partial charge < -0.3 is 5.73 Å². The van der Waals surface area contributed by atoms with E-state index in [1.54, 1.807) is 5.57 Å². The van der Waals surface area contributed by atoms with Crippen molar-refractivity contribution >= 4 is 15.9 Å². The maximum Gasteiger partial charge on any atom is 0.0183 e.